The molecule has 33 heavy (non-hydrogen) atoms. The second-order valence-corrected chi connectivity index (χ2v) is 8.42. The number of carbonyl (C=O) groups excluding carboxylic acids is 2. The van der Waals surface area contributed by atoms with Gasteiger partial charge in [-0.3, -0.25) is 14.9 Å². The first kappa shape index (κ1) is 22.6. The number of carbonyl (C=O) groups is 2. The third kappa shape index (κ3) is 5.25. The highest BCUT2D eigenvalue weighted by Crippen LogP contribution is 2.32. The lowest BCUT2D eigenvalue weighted by Crippen LogP contribution is -2.22. The minimum absolute atomic E-state index is 0.119. The van der Waals surface area contributed by atoms with Crippen molar-refractivity contribution < 1.29 is 19.1 Å². The second kappa shape index (κ2) is 9.91. The Morgan fingerprint density at radius 1 is 1.06 bits per heavy atom. The Hall–Kier alpha value is -3.59. The van der Waals surface area contributed by atoms with Gasteiger partial charge in [-0.25, -0.2) is 4.98 Å². The topological polar surface area (TPSA) is 92.8 Å². The van der Waals surface area contributed by atoms with E-state index >= 15 is 0 Å². The Balaban J connectivity index is 1.34. The van der Waals surface area contributed by atoms with Crippen molar-refractivity contribution in [2.75, 3.05) is 35.4 Å². The summed E-state index contributed by atoms with van der Waals surface area (Å²) < 4.78 is 10.6. The van der Waals surface area contributed by atoms with Gasteiger partial charge in [0.1, 0.15) is 0 Å². The molecule has 9 heteroatoms. The summed E-state index contributed by atoms with van der Waals surface area (Å²) in [5, 5.41) is 7.92. The van der Waals surface area contributed by atoms with Gasteiger partial charge in [-0.05, 0) is 62.7 Å². The van der Waals surface area contributed by atoms with E-state index in [1.54, 1.807) is 23.6 Å². The Labute approximate surface area is 196 Å². The molecule has 2 N–H and O–H groups in total. The van der Waals surface area contributed by atoms with E-state index in [1.807, 2.05) is 19.1 Å². The summed E-state index contributed by atoms with van der Waals surface area (Å²) >= 11 is 1.28. The van der Waals surface area contributed by atoms with Gasteiger partial charge in [0.05, 0.1) is 12.1 Å². The highest BCUT2D eigenvalue weighted by Gasteiger charge is 2.17. The number of aryl methyl sites for hydroxylation is 1. The van der Waals surface area contributed by atoms with E-state index in [1.165, 1.54) is 11.3 Å². The van der Waals surface area contributed by atoms with Gasteiger partial charge in [0.25, 0.3) is 5.91 Å². The van der Waals surface area contributed by atoms with Crippen molar-refractivity contribution in [2.24, 2.45) is 0 Å². The summed E-state index contributed by atoms with van der Waals surface area (Å²) in [7, 11) is 0. The van der Waals surface area contributed by atoms with Crippen molar-refractivity contribution in [2.45, 2.75) is 27.2 Å². The van der Waals surface area contributed by atoms with Gasteiger partial charge in [0.2, 0.25) is 12.7 Å². The monoisotopic (exact) mass is 466 g/mol. The smallest absolute Gasteiger partial charge is 0.257 e. The van der Waals surface area contributed by atoms with Crippen LogP contribution in [-0.4, -0.2) is 36.7 Å². The summed E-state index contributed by atoms with van der Waals surface area (Å²) in [5.41, 5.74) is 3.95. The minimum Gasteiger partial charge on any atom is -0.454 e. The van der Waals surface area contributed by atoms with Crippen LogP contribution in [0.15, 0.2) is 41.8 Å². The summed E-state index contributed by atoms with van der Waals surface area (Å²) in [6, 6.07) is 11.0. The van der Waals surface area contributed by atoms with Crippen LogP contribution in [0.4, 0.5) is 16.5 Å². The maximum atomic E-state index is 12.6. The van der Waals surface area contributed by atoms with E-state index in [0.29, 0.717) is 27.9 Å². The third-order valence-corrected chi connectivity index (χ3v) is 6.17. The lowest BCUT2D eigenvalue weighted by molar-refractivity contribution is -0.115. The van der Waals surface area contributed by atoms with Gasteiger partial charge in [0.15, 0.2) is 16.6 Å². The number of ether oxygens (including phenoxy) is 2. The molecule has 0 unspecified atom stereocenters. The molecule has 0 spiro atoms. The molecule has 0 fully saturated rings. The Bertz CT molecular complexity index is 1170. The first-order chi connectivity index (χ1) is 16.0. The molecule has 0 saturated heterocycles. The molecular formula is C24H26N4O4S. The van der Waals surface area contributed by atoms with Crippen LogP contribution in [0.5, 0.6) is 11.5 Å². The molecule has 0 radical (unpaired) electrons. The van der Waals surface area contributed by atoms with Crippen molar-refractivity contribution in [1.82, 2.24) is 4.98 Å². The molecule has 2 heterocycles. The maximum absolute atomic E-state index is 12.6. The zero-order chi connectivity index (χ0) is 23.4. The highest BCUT2D eigenvalue weighted by molar-refractivity contribution is 7.14. The van der Waals surface area contributed by atoms with Crippen molar-refractivity contribution >= 4 is 39.7 Å². The molecule has 2 amide bonds. The van der Waals surface area contributed by atoms with Crippen LogP contribution < -0.4 is 25.0 Å². The molecule has 0 aliphatic carbocycles. The van der Waals surface area contributed by atoms with Gasteiger partial charge < -0.3 is 19.7 Å². The van der Waals surface area contributed by atoms with Crippen LogP contribution in [0.1, 0.15) is 35.5 Å². The van der Waals surface area contributed by atoms with Crippen LogP contribution in [0.25, 0.3) is 0 Å². The van der Waals surface area contributed by atoms with E-state index < -0.39 is 0 Å². The first-order valence-electron chi connectivity index (χ1n) is 10.8. The third-order valence-electron chi connectivity index (χ3n) is 5.36. The first-order valence-corrected chi connectivity index (χ1v) is 11.7. The molecule has 1 aliphatic heterocycles. The zero-order valence-corrected chi connectivity index (χ0v) is 19.6. The fourth-order valence-electron chi connectivity index (χ4n) is 3.59. The zero-order valence-electron chi connectivity index (χ0n) is 18.8. The van der Waals surface area contributed by atoms with Crippen LogP contribution in [0, 0.1) is 6.92 Å². The Morgan fingerprint density at radius 3 is 2.61 bits per heavy atom. The van der Waals surface area contributed by atoms with Gasteiger partial charge in [-0.1, -0.05) is 0 Å². The molecule has 1 aliphatic rings. The van der Waals surface area contributed by atoms with E-state index in [4.69, 9.17) is 9.47 Å². The van der Waals surface area contributed by atoms with Crippen LogP contribution >= 0.6 is 11.3 Å². The fourth-order valence-corrected chi connectivity index (χ4v) is 4.29. The summed E-state index contributed by atoms with van der Waals surface area (Å²) in [4.78, 5) is 31.7. The summed E-state index contributed by atoms with van der Waals surface area (Å²) in [5.74, 6) is 0.696. The van der Waals surface area contributed by atoms with Gasteiger partial charge >= 0.3 is 0 Å². The lowest BCUT2D eigenvalue weighted by Gasteiger charge is -2.22. The Morgan fingerprint density at radius 2 is 1.85 bits per heavy atom. The van der Waals surface area contributed by atoms with Gasteiger partial charge in [-0.2, -0.15) is 0 Å². The molecule has 8 nitrogen and oxygen atoms in total. The largest absolute Gasteiger partial charge is 0.454 e. The standard InChI is InChI=1S/C24H26N4O4S/c1-4-28(5-2)18-7-8-19(15(3)10-18)26-22(29)12-17-13-33-24(25-17)27-23(30)16-6-9-20-21(11-16)32-14-31-20/h6-11,13H,4-5,12,14H2,1-3H3,(H,26,29)(H,25,27,30). The molecule has 0 atom stereocenters. The van der Waals surface area contributed by atoms with E-state index in [2.05, 4.69) is 40.4 Å². The predicted molar refractivity (Wildman–Crippen MR) is 130 cm³/mol. The Kier molecular flexibility index (Phi) is 6.79. The quantitative estimate of drug-likeness (QED) is 0.509. The molecule has 1 aromatic heterocycles. The minimum atomic E-state index is -0.303. The van der Waals surface area contributed by atoms with E-state index in [0.717, 1.165) is 30.0 Å². The number of rotatable bonds is 8. The maximum Gasteiger partial charge on any atom is 0.257 e. The number of amides is 2. The highest BCUT2D eigenvalue weighted by atomic mass is 32.1. The number of benzene rings is 2. The number of fused-ring (bicyclic) bond motifs is 1. The number of thiazole rings is 1. The van der Waals surface area contributed by atoms with Gasteiger partial charge in [0, 0.05) is 35.4 Å². The molecule has 0 bridgehead atoms. The van der Waals surface area contributed by atoms with Gasteiger partial charge in [-0.15, -0.1) is 11.3 Å². The average molecular weight is 467 g/mol. The lowest BCUT2D eigenvalue weighted by atomic mass is 10.1. The molecule has 2 aromatic carbocycles. The van der Waals surface area contributed by atoms with Crippen molar-refractivity contribution in [3.8, 4) is 11.5 Å². The average Bonchev–Trinajstić information content (AvgIpc) is 3.45. The number of nitrogens with one attached hydrogen (secondary N) is 2. The number of nitrogens with zero attached hydrogens (tertiary/aromatic N) is 2. The molecule has 0 saturated carbocycles. The molecule has 3 aromatic rings. The number of aromatic nitrogens is 1. The summed E-state index contributed by atoms with van der Waals surface area (Å²) in [6.45, 7) is 8.23. The van der Waals surface area contributed by atoms with Crippen LogP contribution in [-0.2, 0) is 11.2 Å². The fraction of sp³-hybridized carbons (Fsp3) is 0.292. The SMILES string of the molecule is CCN(CC)c1ccc(NC(=O)Cc2csc(NC(=O)c3ccc4c(c3)OCO4)n2)c(C)c1. The molecular weight excluding hydrogens is 440 g/mol. The number of hydrogen-bond donors (Lipinski definition) is 2. The van der Waals surface area contributed by atoms with Crippen LogP contribution in [0.2, 0.25) is 0 Å². The van der Waals surface area contributed by atoms with Crippen molar-refractivity contribution in [3.63, 3.8) is 0 Å². The predicted octanol–water partition coefficient (Wildman–Crippen LogP) is 4.46. The van der Waals surface area contributed by atoms with E-state index in [9.17, 15) is 9.59 Å². The van der Waals surface area contributed by atoms with Crippen molar-refractivity contribution in [1.29, 1.82) is 0 Å². The molecule has 4 rings (SSSR count). The second-order valence-electron chi connectivity index (χ2n) is 7.56. The molecule has 172 valence electrons. The number of anilines is 3. The summed E-state index contributed by atoms with van der Waals surface area (Å²) in [6.07, 6.45) is 0.119. The number of hydrogen-bond acceptors (Lipinski definition) is 7. The van der Waals surface area contributed by atoms with Crippen molar-refractivity contribution in [3.05, 3.63) is 58.6 Å². The van der Waals surface area contributed by atoms with Crippen LogP contribution in [0.3, 0.4) is 0 Å². The van der Waals surface area contributed by atoms with E-state index in [-0.39, 0.29) is 25.0 Å². The normalized spacial score (nSPS) is 11.8.